The highest BCUT2D eigenvalue weighted by Gasteiger charge is 2.20. The first-order valence-corrected chi connectivity index (χ1v) is 11.6. The quantitative estimate of drug-likeness (QED) is 0.420. The third-order valence-electron chi connectivity index (χ3n) is 6.26. The summed E-state index contributed by atoms with van der Waals surface area (Å²) < 4.78 is 22.4. The van der Waals surface area contributed by atoms with Crippen LogP contribution in [0, 0.1) is 0 Å². The van der Waals surface area contributed by atoms with E-state index in [0.29, 0.717) is 35.7 Å². The van der Waals surface area contributed by atoms with Crippen LogP contribution >= 0.6 is 0 Å². The summed E-state index contributed by atoms with van der Waals surface area (Å²) >= 11 is 0. The third kappa shape index (κ3) is 4.26. The van der Waals surface area contributed by atoms with Gasteiger partial charge < -0.3 is 23.6 Å². The van der Waals surface area contributed by atoms with Gasteiger partial charge in [-0.1, -0.05) is 13.8 Å². The van der Waals surface area contributed by atoms with Crippen molar-refractivity contribution in [2.75, 3.05) is 40.5 Å². The van der Waals surface area contributed by atoms with Gasteiger partial charge in [0.15, 0.2) is 11.5 Å². The number of aromatic nitrogens is 3. The Hall–Kier alpha value is -3.36. The number of nitrogens with zero attached hydrogens (tertiary/aromatic N) is 3. The molecule has 0 radical (unpaired) electrons. The van der Waals surface area contributed by atoms with Crippen LogP contribution in [0.25, 0.3) is 33.6 Å². The van der Waals surface area contributed by atoms with Crippen molar-refractivity contribution in [3.8, 4) is 34.2 Å². The number of benzene rings is 2. The van der Waals surface area contributed by atoms with Gasteiger partial charge >= 0.3 is 0 Å². The molecule has 178 valence electrons. The number of hydrogen-bond acceptors (Lipinski definition) is 7. The van der Waals surface area contributed by atoms with Crippen molar-refractivity contribution in [1.29, 1.82) is 0 Å². The number of fused-ring (bicyclic) bond motifs is 1. The largest absolute Gasteiger partial charge is 0.493 e. The van der Waals surface area contributed by atoms with Crippen molar-refractivity contribution in [2.24, 2.45) is 0 Å². The summed E-state index contributed by atoms with van der Waals surface area (Å²) in [7, 11) is 3.30. The van der Waals surface area contributed by atoms with Crippen molar-refractivity contribution < 1.29 is 18.6 Å². The Morgan fingerprint density at radius 3 is 2.47 bits per heavy atom. The molecule has 3 heterocycles. The summed E-state index contributed by atoms with van der Waals surface area (Å²) in [6.07, 6.45) is 0. The Balaban J connectivity index is 1.51. The van der Waals surface area contributed by atoms with Gasteiger partial charge in [0.25, 0.3) is 0 Å². The van der Waals surface area contributed by atoms with Gasteiger partial charge in [-0.05, 0) is 47.9 Å². The average Bonchev–Trinajstić information content (AvgIpc) is 3.48. The number of nitrogens with one attached hydrogen (secondary N) is 1. The highest BCUT2D eigenvalue weighted by molar-refractivity contribution is 5.94. The highest BCUT2D eigenvalue weighted by Crippen LogP contribution is 2.40. The van der Waals surface area contributed by atoms with E-state index < -0.39 is 0 Å². The molecule has 2 aromatic carbocycles. The summed E-state index contributed by atoms with van der Waals surface area (Å²) in [6.45, 7) is 8.28. The fraction of sp³-hybridized carbons (Fsp3) is 0.385. The second-order valence-corrected chi connectivity index (χ2v) is 8.79. The first-order valence-electron chi connectivity index (χ1n) is 11.6. The van der Waals surface area contributed by atoms with Crippen LogP contribution in [0.2, 0.25) is 0 Å². The van der Waals surface area contributed by atoms with E-state index in [1.54, 1.807) is 14.2 Å². The number of H-pyrrole nitrogens is 1. The lowest BCUT2D eigenvalue weighted by Crippen LogP contribution is -2.35. The van der Waals surface area contributed by atoms with E-state index in [-0.39, 0.29) is 0 Å². The molecule has 4 aromatic rings. The van der Waals surface area contributed by atoms with E-state index in [1.165, 1.54) is 5.56 Å². The predicted molar refractivity (Wildman–Crippen MR) is 130 cm³/mol. The number of methoxy groups -OCH3 is 2. The van der Waals surface area contributed by atoms with Gasteiger partial charge in [-0.3, -0.25) is 4.90 Å². The molecule has 1 saturated heterocycles. The van der Waals surface area contributed by atoms with Crippen molar-refractivity contribution >= 4 is 10.9 Å². The molecular weight excluding hydrogens is 432 g/mol. The number of morpholine rings is 1. The summed E-state index contributed by atoms with van der Waals surface area (Å²) in [5, 5.41) is 9.75. The molecule has 8 heteroatoms. The molecule has 0 amide bonds. The molecule has 1 aliphatic rings. The molecule has 0 atom stereocenters. The molecule has 0 spiro atoms. The topological polar surface area (TPSA) is 85.6 Å². The van der Waals surface area contributed by atoms with Crippen molar-refractivity contribution in [2.45, 2.75) is 26.3 Å². The molecule has 0 saturated carbocycles. The minimum absolute atomic E-state index is 0.298. The smallest absolute Gasteiger partial charge is 0.247 e. The van der Waals surface area contributed by atoms with Crippen LogP contribution < -0.4 is 9.47 Å². The normalized spacial score (nSPS) is 14.7. The van der Waals surface area contributed by atoms with Crippen LogP contribution in [-0.4, -0.2) is 60.6 Å². The van der Waals surface area contributed by atoms with Crippen molar-refractivity contribution in [1.82, 2.24) is 20.1 Å². The molecule has 0 aliphatic carbocycles. The second-order valence-electron chi connectivity index (χ2n) is 8.79. The number of hydrogen-bond donors (Lipinski definition) is 1. The molecule has 5 rings (SSSR count). The fourth-order valence-electron chi connectivity index (χ4n) is 4.55. The summed E-state index contributed by atoms with van der Waals surface area (Å²) in [6, 6.07) is 12.2. The van der Waals surface area contributed by atoms with Gasteiger partial charge in [-0.25, -0.2) is 0 Å². The molecule has 1 fully saturated rings. The van der Waals surface area contributed by atoms with Crippen molar-refractivity contribution in [3.63, 3.8) is 0 Å². The minimum atomic E-state index is 0.298. The maximum absolute atomic E-state index is 6.02. The maximum Gasteiger partial charge on any atom is 0.247 e. The van der Waals surface area contributed by atoms with E-state index in [9.17, 15) is 0 Å². The summed E-state index contributed by atoms with van der Waals surface area (Å²) in [4.78, 5) is 5.87. The molecular formula is C26H30N4O4. The van der Waals surface area contributed by atoms with Crippen LogP contribution in [0.15, 0.2) is 40.8 Å². The van der Waals surface area contributed by atoms with Crippen LogP contribution in [0.3, 0.4) is 0 Å². The number of aromatic amines is 1. The highest BCUT2D eigenvalue weighted by atomic mass is 16.5. The zero-order valence-electron chi connectivity index (χ0n) is 20.1. The standard InChI is InChI=1S/C26H30N4O4/c1-16(2)24-19-13-18(26-29-28-23(34-26)15-30-9-11-33-12-10-30)5-7-20(19)27-25(24)17-6-8-21(31-3)22(14-17)32-4/h5-8,13-14,16,27H,9-12,15H2,1-4H3. The number of ether oxygens (including phenoxy) is 3. The predicted octanol–water partition coefficient (Wildman–Crippen LogP) is 4.86. The molecule has 8 nitrogen and oxygen atoms in total. The van der Waals surface area contributed by atoms with Crippen LogP contribution in [0.4, 0.5) is 0 Å². The van der Waals surface area contributed by atoms with Gasteiger partial charge in [0, 0.05) is 35.1 Å². The zero-order chi connectivity index (χ0) is 23.7. The fourth-order valence-corrected chi connectivity index (χ4v) is 4.55. The first kappa shape index (κ1) is 22.4. The Labute approximate surface area is 198 Å². The maximum atomic E-state index is 6.02. The van der Waals surface area contributed by atoms with Crippen LogP contribution in [0.5, 0.6) is 11.5 Å². The summed E-state index contributed by atoms with van der Waals surface area (Å²) in [5.74, 6) is 2.87. The monoisotopic (exact) mass is 462 g/mol. The van der Waals surface area contributed by atoms with Gasteiger partial charge in [0.1, 0.15) is 0 Å². The molecule has 1 N–H and O–H groups in total. The Morgan fingerprint density at radius 2 is 1.74 bits per heavy atom. The van der Waals surface area contributed by atoms with E-state index in [1.807, 2.05) is 18.2 Å². The van der Waals surface area contributed by atoms with Crippen LogP contribution in [-0.2, 0) is 11.3 Å². The Morgan fingerprint density at radius 1 is 0.971 bits per heavy atom. The lowest BCUT2D eigenvalue weighted by Gasteiger charge is -2.24. The minimum Gasteiger partial charge on any atom is -0.493 e. The van der Waals surface area contributed by atoms with E-state index in [4.69, 9.17) is 18.6 Å². The van der Waals surface area contributed by atoms with E-state index in [0.717, 1.165) is 54.0 Å². The van der Waals surface area contributed by atoms with Gasteiger partial charge in [0.05, 0.1) is 39.7 Å². The average molecular weight is 463 g/mol. The van der Waals surface area contributed by atoms with Gasteiger partial charge in [0.2, 0.25) is 11.8 Å². The third-order valence-corrected chi connectivity index (χ3v) is 6.26. The molecule has 1 aliphatic heterocycles. The molecule has 2 aromatic heterocycles. The van der Waals surface area contributed by atoms with E-state index >= 15 is 0 Å². The van der Waals surface area contributed by atoms with Gasteiger partial charge in [-0.2, -0.15) is 0 Å². The molecule has 0 unspecified atom stereocenters. The molecule has 34 heavy (non-hydrogen) atoms. The second kappa shape index (κ2) is 9.48. The SMILES string of the molecule is COc1ccc(-c2[nH]c3ccc(-c4nnc(CN5CCOCC5)o4)cc3c2C(C)C)cc1OC. The van der Waals surface area contributed by atoms with Gasteiger partial charge in [-0.15, -0.1) is 10.2 Å². The Kier molecular flexibility index (Phi) is 6.26. The Bertz CT molecular complexity index is 1290. The molecule has 0 bridgehead atoms. The van der Waals surface area contributed by atoms with Crippen molar-refractivity contribution in [3.05, 3.63) is 47.9 Å². The van der Waals surface area contributed by atoms with E-state index in [2.05, 4.69) is 52.1 Å². The summed E-state index contributed by atoms with van der Waals surface area (Å²) in [5.41, 5.74) is 5.32. The van der Waals surface area contributed by atoms with Crippen LogP contribution in [0.1, 0.15) is 31.2 Å². The lowest BCUT2D eigenvalue weighted by atomic mass is 9.95. The lowest BCUT2D eigenvalue weighted by molar-refractivity contribution is 0.0306. The zero-order valence-corrected chi connectivity index (χ0v) is 20.1. The number of rotatable bonds is 7. The first-order chi connectivity index (χ1) is 16.6.